The number of hydrogen-bond acceptors (Lipinski definition) is 1. The van der Waals surface area contributed by atoms with E-state index in [-0.39, 0.29) is 11.7 Å². The molecule has 16 heavy (non-hydrogen) atoms. The van der Waals surface area contributed by atoms with E-state index in [1.165, 1.54) is 12.1 Å². The highest BCUT2D eigenvalue weighted by atomic mass is 19.4. The maximum Gasteiger partial charge on any atom is 0.573 e. The lowest BCUT2D eigenvalue weighted by Crippen LogP contribution is -2.17. The number of aryl methyl sites for hydroxylation is 1. The van der Waals surface area contributed by atoms with Gasteiger partial charge in [0.15, 0.2) is 0 Å². The molecule has 1 nitrogen and oxygen atoms in total. The van der Waals surface area contributed by atoms with Gasteiger partial charge < -0.3 is 4.74 Å². The Bertz CT molecular complexity index is 356. The van der Waals surface area contributed by atoms with Crippen molar-refractivity contribution in [3.05, 3.63) is 29.3 Å². The second-order valence-corrected chi connectivity index (χ2v) is 3.97. The van der Waals surface area contributed by atoms with E-state index >= 15 is 0 Å². The quantitative estimate of drug-likeness (QED) is 0.756. The zero-order valence-corrected chi connectivity index (χ0v) is 9.56. The Balaban J connectivity index is 3.04. The van der Waals surface area contributed by atoms with Crippen LogP contribution in [0.2, 0.25) is 0 Å². The van der Waals surface area contributed by atoms with Crippen molar-refractivity contribution in [2.75, 3.05) is 0 Å². The molecule has 0 fully saturated rings. The minimum atomic E-state index is -4.62. The molecule has 0 aliphatic carbocycles. The van der Waals surface area contributed by atoms with Crippen molar-refractivity contribution in [3.8, 4) is 5.75 Å². The van der Waals surface area contributed by atoms with Crippen LogP contribution in [0.1, 0.15) is 37.8 Å². The zero-order valence-electron chi connectivity index (χ0n) is 9.56. The van der Waals surface area contributed by atoms with Gasteiger partial charge in [0.1, 0.15) is 5.75 Å². The Labute approximate surface area is 93.2 Å². The van der Waals surface area contributed by atoms with Crippen LogP contribution in [0.5, 0.6) is 5.75 Å². The van der Waals surface area contributed by atoms with Crippen LogP contribution in [0.15, 0.2) is 18.2 Å². The van der Waals surface area contributed by atoms with Gasteiger partial charge in [-0.3, -0.25) is 0 Å². The van der Waals surface area contributed by atoms with Crippen LogP contribution in [0.3, 0.4) is 0 Å². The van der Waals surface area contributed by atoms with E-state index in [0.717, 1.165) is 11.1 Å². The molecule has 0 heterocycles. The van der Waals surface area contributed by atoms with Crippen molar-refractivity contribution >= 4 is 0 Å². The molecule has 0 aliphatic heterocycles. The number of benzene rings is 1. The number of rotatable bonds is 3. The van der Waals surface area contributed by atoms with Crippen molar-refractivity contribution < 1.29 is 17.9 Å². The molecule has 1 aromatic carbocycles. The third-order valence-corrected chi connectivity index (χ3v) is 2.30. The topological polar surface area (TPSA) is 9.23 Å². The van der Waals surface area contributed by atoms with E-state index in [1.807, 2.05) is 26.8 Å². The fourth-order valence-electron chi connectivity index (χ4n) is 1.42. The second kappa shape index (κ2) is 4.76. The van der Waals surface area contributed by atoms with Crippen molar-refractivity contribution in [1.82, 2.24) is 0 Å². The van der Waals surface area contributed by atoms with Crippen molar-refractivity contribution in [2.45, 2.75) is 39.5 Å². The molecule has 1 aromatic rings. The van der Waals surface area contributed by atoms with Crippen LogP contribution in [0.4, 0.5) is 13.2 Å². The van der Waals surface area contributed by atoms with Crippen molar-refractivity contribution in [3.63, 3.8) is 0 Å². The minimum absolute atomic E-state index is 0.129. The van der Waals surface area contributed by atoms with Gasteiger partial charge in [0.2, 0.25) is 0 Å². The van der Waals surface area contributed by atoms with Crippen LogP contribution >= 0.6 is 0 Å². The molecule has 0 saturated carbocycles. The molecule has 1 rings (SSSR count). The summed E-state index contributed by atoms with van der Waals surface area (Å²) in [6.07, 6.45) is -3.94. The van der Waals surface area contributed by atoms with Gasteiger partial charge in [0.25, 0.3) is 0 Å². The molecule has 0 aromatic heterocycles. The monoisotopic (exact) mass is 232 g/mol. The lowest BCUT2D eigenvalue weighted by molar-refractivity contribution is -0.274. The molecule has 0 radical (unpaired) electrons. The van der Waals surface area contributed by atoms with Gasteiger partial charge in [0, 0.05) is 0 Å². The fraction of sp³-hybridized carbons (Fsp3) is 0.500. The van der Waals surface area contributed by atoms with E-state index in [0.29, 0.717) is 6.42 Å². The molecular weight excluding hydrogens is 217 g/mol. The maximum atomic E-state index is 12.1. The molecule has 0 N–H and O–H groups in total. The first kappa shape index (κ1) is 12.9. The highest BCUT2D eigenvalue weighted by Crippen LogP contribution is 2.28. The predicted octanol–water partition coefficient (Wildman–Crippen LogP) is 4.27. The van der Waals surface area contributed by atoms with Gasteiger partial charge in [-0.25, -0.2) is 0 Å². The Morgan fingerprint density at radius 3 is 2.25 bits per heavy atom. The fourth-order valence-corrected chi connectivity index (χ4v) is 1.42. The van der Waals surface area contributed by atoms with Crippen LogP contribution < -0.4 is 4.74 Å². The largest absolute Gasteiger partial charge is 0.573 e. The average molecular weight is 232 g/mol. The molecule has 4 heteroatoms. The SMILES string of the molecule is CCc1cc(OC(F)(F)F)cc(C(C)C)c1. The minimum Gasteiger partial charge on any atom is -0.406 e. The number of ether oxygens (including phenoxy) is 1. The highest BCUT2D eigenvalue weighted by molar-refractivity contribution is 5.36. The average Bonchev–Trinajstić information content (AvgIpc) is 2.14. The Kier molecular flexibility index (Phi) is 3.83. The van der Waals surface area contributed by atoms with E-state index < -0.39 is 6.36 Å². The number of halogens is 3. The van der Waals surface area contributed by atoms with Crippen LogP contribution in [-0.4, -0.2) is 6.36 Å². The van der Waals surface area contributed by atoms with Crippen LogP contribution in [-0.2, 0) is 6.42 Å². The second-order valence-electron chi connectivity index (χ2n) is 3.97. The Morgan fingerprint density at radius 1 is 1.19 bits per heavy atom. The van der Waals surface area contributed by atoms with Gasteiger partial charge in [-0.2, -0.15) is 0 Å². The first-order valence-corrected chi connectivity index (χ1v) is 5.21. The predicted molar refractivity (Wildman–Crippen MR) is 56.6 cm³/mol. The summed E-state index contributed by atoms with van der Waals surface area (Å²) in [6, 6.07) is 4.78. The Hall–Kier alpha value is -1.19. The summed E-state index contributed by atoms with van der Waals surface area (Å²) in [6.45, 7) is 5.77. The summed E-state index contributed by atoms with van der Waals surface area (Å²) in [7, 11) is 0. The smallest absolute Gasteiger partial charge is 0.406 e. The molecule has 0 spiro atoms. The molecule has 90 valence electrons. The molecule has 0 unspecified atom stereocenters. The summed E-state index contributed by atoms with van der Waals surface area (Å²) in [4.78, 5) is 0. The Morgan fingerprint density at radius 2 is 1.81 bits per heavy atom. The van der Waals surface area contributed by atoms with Gasteiger partial charge in [-0.1, -0.05) is 26.8 Å². The normalized spacial score (nSPS) is 11.9. The van der Waals surface area contributed by atoms with E-state index in [9.17, 15) is 13.2 Å². The van der Waals surface area contributed by atoms with Gasteiger partial charge in [0.05, 0.1) is 0 Å². The molecule has 0 amide bonds. The molecule has 0 atom stereocenters. The standard InChI is InChI=1S/C12H15F3O/c1-4-9-5-10(8(2)3)7-11(6-9)16-12(13,14)15/h5-8H,4H2,1-3H3. The molecule has 0 bridgehead atoms. The molecule has 0 saturated heterocycles. The van der Waals surface area contributed by atoms with Gasteiger partial charge in [-0.05, 0) is 35.6 Å². The number of alkyl halides is 3. The molecular formula is C12H15F3O. The van der Waals surface area contributed by atoms with E-state index in [4.69, 9.17) is 0 Å². The first-order chi connectivity index (χ1) is 7.31. The van der Waals surface area contributed by atoms with Crippen molar-refractivity contribution in [1.29, 1.82) is 0 Å². The lowest BCUT2D eigenvalue weighted by atomic mass is 9.99. The van der Waals surface area contributed by atoms with Gasteiger partial charge >= 0.3 is 6.36 Å². The maximum absolute atomic E-state index is 12.1. The molecule has 0 aliphatic rings. The van der Waals surface area contributed by atoms with Crippen LogP contribution in [0.25, 0.3) is 0 Å². The third-order valence-electron chi connectivity index (χ3n) is 2.30. The lowest BCUT2D eigenvalue weighted by Gasteiger charge is -2.13. The first-order valence-electron chi connectivity index (χ1n) is 5.21. The highest BCUT2D eigenvalue weighted by Gasteiger charge is 2.31. The van der Waals surface area contributed by atoms with Crippen LogP contribution in [0, 0.1) is 0 Å². The number of hydrogen-bond donors (Lipinski definition) is 0. The third kappa shape index (κ3) is 3.76. The summed E-state index contributed by atoms with van der Waals surface area (Å²) >= 11 is 0. The van der Waals surface area contributed by atoms with E-state index in [2.05, 4.69) is 4.74 Å². The summed E-state index contributed by atoms with van der Waals surface area (Å²) in [5, 5.41) is 0. The zero-order chi connectivity index (χ0) is 12.3. The summed E-state index contributed by atoms with van der Waals surface area (Å²) < 4.78 is 40.2. The van der Waals surface area contributed by atoms with Crippen molar-refractivity contribution in [2.24, 2.45) is 0 Å². The van der Waals surface area contributed by atoms with E-state index in [1.54, 1.807) is 0 Å². The van der Waals surface area contributed by atoms with Gasteiger partial charge in [-0.15, -0.1) is 13.2 Å². The summed E-state index contributed by atoms with van der Waals surface area (Å²) in [5.41, 5.74) is 1.71. The summed E-state index contributed by atoms with van der Waals surface area (Å²) in [5.74, 6) is 0.0534.